The number of esters is 1. The number of nitro benzene ring substituents is 1. The topological polar surface area (TPSA) is 213 Å². The summed E-state index contributed by atoms with van der Waals surface area (Å²) >= 11 is 0. The van der Waals surface area contributed by atoms with E-state index in [9.17, 15) is 29.9 Å². The number of cyclic esters (lactones) is 1. The van der Waals surface area contributed by atoms with Crippen LogP contribution in [-0.4, -0.2) is 83.1 Å². The van der Waals surface area contributed by atoms with Crippen LogP contribution in [0.25, 0.3) is 11.6 Å². The molecule has 3 aliphatic rings. The molecule has 298 valence electrons. The Balaban J connectivity index is 1.47. The molecular formula is C40H38N2O15. The summed E-state index contributed by atoms with van der Waals surface area (Å²) in [5.74, 6) is -2.50. The van der Waals surface area contributed by atoms with Gasteiger partial charge in [0.2, 0.25) is 18.3 Å². The Labute approximate surface area is 325 Å². The number of nitro groups is 1. The number of aliphatic hydroxyl groups excluding tert-OH is 1. The zero-order chi connectivity index (χ0) is 40.7. The third kappa shape index (κ3) is 6.54. The van der Waals surface area contributed by atoms with Crippen LogP contribution < -0.4 is 43.2 Å². The quantitative estimate of drug-likeness (QED) is 0.0552. The molecule has 1 amide bonds. The van der Waals surface area contributed by atoms with Crippen molar-refractivity contribution in [2.45, 2.75) is 12.0 Å². The van der Waals surface area contributed by atoms with Gasteiger partial charge < -0.3 is 58.2 Å². The monoisotopic (exact) mass is 786 g/mol. The molecule has 0 unspecified atom stereocenters. The number of nitrogens with one attached hydrogen (secondary N) is 1. The molecule has 2 aliphatic heterocycles. The maximum absolute atomic E-state index is 15.0. The standard InChI is InChI=1S/C40H38N2O15/c1-49-26-11-19(12-27(50-2)36(26)53-5)21(9-18-7-8-25(43)24(10-18)42(47)48)39(45)41-34-32-22(15-30-38(34)57-17-56-30)35(44)23-16-55-40(46)33(23)31(32)20-13-28(51-3)37(54-6)29(14-20)52-4/h7-15,23,31,33,35,43-44H,16-17H2,1-6H3,(H,41,45)/b21-9+/t23-,31+,33-,35-/m0/s1. The number of carbonyl (C=O) groups is 2. The molecule has 0 spiro atoms. The Hall–Kier alpha value is -6.88. The lowest BCUT2D eigenvalue weighted by atomic mass is 9.65. The van der Waals surface area contributed by atoms with Crippen molar-refractivity contribution in [3.8, 4) is 51.7 Å². The van der Waals surface area contributed by atoms with Crippen molar-refractivity contribution in [1.82, 2.24) is 0 Å². The van der Waals surface area contributed by atoms with Crippen molar-refractivity contribution in [1.29, 1.82) is 0 Å². The van der Waals surface area contributed by atoms with Gasteiger partial charge in [0.25, 0.3) is 5.91 Å². The summed E-state index contributed by atoms with van der Waals surface area (Å²) in [5, 5.41) is 36.8. The van der Waals surface area contributed by atoms with E-state index in [1.54, 1.807) is 18.2 Å². The lowest BCUT2D eigenvalue weighted by molar-refractivity contribution is -0.385. The molecule has 0 saturated carbocycles. The third-order valence-electron chi connectivity index (χ3n) is 10.3. The molecule has 1 aliphatic carbocycles. The summed E-state index contributed by atoms with van der Waals surface area (Å²) in [4.78, 5) is 39.6. The number of phenolic OH excluding ortho intramolecular Hbond substituents is 1. The Morgan fingerprint density at radius 1 is 0.860 bits per heavy atom. The molecule has 0 aromatic heterocycles. The molecule has 57 heavy (non-hydrogen) atoms. The Morgan fingerprint density at radius 2 is 1.47 bits per heavy atom. The van der Waals surface area contributed by atoms with Crippen LogP contribution in [0, 0.1) is 22.0 Å². The van der Waals surface area contributed by atoms with Gasteiger partial charge >= 0.3 is 11.7 Å². The average Bonchev–Trinajstić information content (AvgIpc) is 3.86. The lowest BCUT2D eigenvalue weighted by Gasteiger charge is -2.38. The van der Waals surface area contributed by atoms with Crippen molar-refractivity contribution in [2.75, 3.05) is 61.4 Å². The van der Waals surface area contributed by atoms with E-state index in [4.69, 9.17) is 42.6 Å². The molecule has 2 heterocycles. The summed E-state index contributed by atoms with van der Waals surface area (Å²) < 4.78 is 50.9. The minimum Gasteiger partial charge on any atom is -0.502 e. The van der Waals surface area contributed by atoms with Crippen LogP contribution in [0.5, 0.6) is 51.7 Å². The summed E-state index contributed by atoms with van der Waals surface area (Å²) in [5.41, 5.74) is 1.04. The number of benzene rings is 4. The normalized spacial score (nSPS) is 19.1. The molecule has 1 saturated heterocycles. The van der Waals surface area contributed by atoms with Gasteiger partial charge in [-0.2, -0.15) is 0 Å². The van der Waals surface area contributed by atoms with E-state index in [-0.39, 0.29) is 64.5 Å². The Morgan fingerprint density at radius 3 is 2.05 bits per heavy atom. The van der Waals surface area contributed by atoms with Crippen LogP contribution in [-0.2, 0) is 14.3 Å². The molecule has 7 rings (SSSR count). The fraction of sp³-hybridized carbons (Fsp3) is 0.300. The van der Waals surface area contributed by atoms with Gasteiger partial charge in [-0.3, -0.25) is 19.7 Å². The maximum Gasteiger partial charge on any atom is 0.311 e. The molecule has 3 N–H and O–H groups in total. The largest absolute Gasteiger partial charge is 0.502 e. The first-order chi connectivity index (χ1) is 27.5. The van der Waals surface area contributed by atoms with Gasteiger partial charge in [-0.15, -0.1) is 0 Å². The van der Waals surface area contributed by atoms with Crippen molar-refractivity contribution in [3.63, 3.8) is 0 Å². The minimum atomic E-state index is -1.23. The number of methoxy groups -OCH3 is 6. The Bertz CT molecular complexity index is 2270. The number of anilines is 1. The average molecular weight is 787 g/mol. The predicted molar refractivity (Wildman–Crippen MR) is 201 cm³/mol. The molecule has 1 fully saturated rings. The van der Waals surface area contributed by atoms with E-state index >= 15 is 0 Å². The minimum absolute atomic E-state index is 0.0571. The van der Waals surface area contributed by atoms with E-state index in [1.807, 2.05) is 0 Å². The van der Waals surface area contributed by atoms with Gasteiger partial charge in [0.1, 0.15) is 0 Å². The van der Waals surface area contributed by atoms with Gasteiger partial charge in [0.05, 0.1) is 71.9 Å². The first-order valence-electron chi connectivity index (χ1n) is 17.4. The fourth-order valence-corrected chi connectivity index (χ4v) is 7.71. The first kappa shape index (κ1) is 38.4. The van der Waals surface area contributed by atoms with E-state index in [2.05, 4.69) is 5.32 Å². The van der Waals surface area contributed by atoms with Crippen LogP contribution in [0.4, 0.5) is 11.4 Å². The van der Waals surface area contributed by atoms with E-state index in [0.29, 0.717) is 33.9 Å². The number of rotatable bonds is 12. The predicted octanol–water partition coefficient (Wildman–Crippen LogP) is 5.23. The van der Waals surface area contributed by atoms with E-state index in [0.717, 1.165) is 12.1 Å². The lowest BCUT2D eigenvalue weighted by Crippen LogP contribution is -2.35. The highest BCUT2D eigenvalue weighted by molar-refractivity contribution is 6.30. The van der Waals surface area contributed by atoms with Crippen LogP contribution in [0.2, 0.25) is 0 Å². The smallest absolute Gasteiger partial charge is 0.311 e. The molecule has 17 nitrogen and oxygen atoms in total. The maximum atomic E-state index is 15.0. The molecule has 4 atom stereocenters. The van der Waals surface area contributed by atoms with Crippen molar-refractivity contribution in [3.05, 3.63) is 86.5 Å². The van der Waals surface area contributed by atoms with E-state index < -0.39 is 52.1 Å². The van der Waals surface area contributed by atoms with Gasteiger partial charge in [-0.05, 0) is 70.3 Å². The summed E-state index contributed by atoms with van der Waals surface area (Å²) in [6.45, 7) is -0.276. The summed E-state index contributed by atoms with van der Waals surface area (Å²) in [6.07, 6.45) is 0.147. The molecule has 0 bridgehead atoms. The van der Waals surface area contributed by atoms with Crippen LogP contribution in [0.1, 0.15) is 39.8 Å². The fourth-order valence-electron chi connectivity index (χ4n) is 7.71. The van der Waals surface area contributed by atoms with E-state index in [1.165, 1.54) is 66.9 Å². The zero-order valence-corrected chi connectivity index (χ0v) is 31.6. The number of hydrogen-bond acceptors (Lipinski definition) is 15. The summed E-state index contributed by atoms with van der Waals surface area (Å²) in [6, 6.07) is 11.7. The number of amides is 1. The van der Waals surface area contributed by atoms with Crippen molar-refractivity contribution >= 4 is 34.9 Å². The second-order valence-corrected chi connectivity index (χ2v) is 13.1. The van der Waals surface area contributed by atoms with Gasteiger partial charge in [0, 0.05) is 23.5 Å². The third-order valence-corrected chi connectivity index (χ3v) is 10.3. The number of carbonyl (C=O) groups excluding carboxylic acids is 2. The van der Waals surface area contributed by atoms with Crippen LogP contribution in [0.15, 0.2) is 48.5 Å². The van der Waals surface area contributed by atoms with Crippen LogP contribution >= 0.6 is 0 Å². The highest BCUT2D eigenvalue weighted by Gasteiger charge is 2.53. The zero-order valence-electron chi connectivity index (χ0n) is 31.6. The molecule has 0 radical (unpaired) electrons. The number of nitrogens with zero attached hydrogens (tertiary/aromatic N) is 1. The number of aliphatic hydroxyl groups is 1. The number of hydrogen-bond donors (Lipinski definition) is 3. The molecule has 4 aromatic carbocycles. The summed E-state index contributed by atoms with van der Waals surface area (Å²) in [7, 11) is 8.59. The van der Waals surface area contributed by atoms with Gasteiger partial charge in [-0.25, -0.2) is 0 Å². The van der Waals surface area contributed by atoms with Gasteiger partial charge in [0.15, 0.2) is 40.2 Å². The van der Waals surface area contributed by atoms with Crippen LogP contribution in [0.3, 0.4) is 0 Å². The van der Waals surface area contributed by atoms with Crippen molar-refractivity contribution < 1.29 is 67.4 Å². The second-order valence-electron chi connectivity index (χ2n) is 13.1. The first-order valence-corrected chi connectivity index (χ1v) is 17.4. The Kier molecular flexibility index (Phi) is 10.3. The van der Waals surface area contributed by atoms with Crippen molar-refractivity contribution in [2.24, 2.45) is 11.8 Å². The number of fused-ring (bicyclic) bond motifs is 3. The highest BCUT2D eigenvalue weighted by atomic mass is 16.7. The number of ether oxygens (including phenoxy) is 9. The molecule has 17 heteroatoms. The number of aromatic hydroxyl groups is 1. The van der Waals surface area contributed by atoms with Gasteiger partial charge in [-0.1, -0.05) is 6.07 Å². The number of phenols is 1. The molecular weight excluding hydrogens is 748 g/mol. The highest BCUT2D eigenvalue weighted by Crippen LogP contribution is 2.59. The molecule has 4 aromatic rings. The second kappa shape index (κ2) is 15.3. The SMILES string of the molecule is COc1cc(/C(=C\c2ccc(O)c([N+](=O)[O-])c2)C(=O)Nc2c3c(cc4c2[C@@H](c2cc(OC)c(OC)c(OC)c2)[C@H]2C(=O)OC[C@@H]2[C@H]4O)OCO3)cc(OC)c1OC.